The molecule has 1 nitrogen and oxygen atoms in total. The lowest BCUT2D eigenvalue weighted by molar-refractivity contribution is 0.113. The van der Waals surface area contributed by atoms with Gasteiger partial charge in [0.15, 0.2) is 0 Å². The predicted octanol–water partition coefficient (Wildman–Crippen LogP) is 8.02. The van der Waals surface area contributed by atoms with Gasteiger partial charge >= 0.3 is 0 Å². The predicted molar refractivity (Wildman–Crippen MR) is 116 cm³/mol. The smallest absolute Gasteiger partial charge is 0.0894 e. The van der Waals surface area contributed by atoms with Crippen LogP contribution >= 0.6 is 0 Å². The van der Waals surface area contributed by atoms with Crippen molar-refractivity contribution in [3.63, 3.8) is 0 Å². The molecule has 3 aliphatic rings. The summed E-state index contributed by atoms with van der Waals surface area (Å²) in [6.07, 6.45) is 25.4. The molecule has 0 aromatic carbocycles. The molecule has 3 aliphatic carbocycles. The first-order valence-corrected chi connectivity index (χ1v) is 12.4. The maximum Gasteiger partial charge on any atom is 0.0894 e. The van der Waals surface area contributed by atoms with E-state index < -0.39 is 0 Å². The van der Waals surface area contributed by atoms with Gasteiger partial charge in [-0.3, -0.25) is 4.39 Å². The van der Waals surface area contributed by atoms with E-state index >= 15 is 0 Å². The second kappa shape index (κ2) is 12.0. The zero-order valence-electron chi connectivity index (χ0n) is 18.0. The van der Waals surface area contributed by atoms with Gasteiger partial charge in [0.2, 0.25) is 0 Å². The molecule has 0 spiro atoms. The van der Waals surface area contributed by atoms with Crippen molar-refractivity contribution in [1.29, 1.82) is 5.26 Å². The van der Waals surface area contributed by atoms with Crippen molar-refractivity contribution in [3.8, 4) is 6.07 Å². The van der Waals surface area contributed by atoms with Gasteiger partial charge in [-0.2, -0.15) is 5.26 Å². The van der Waals surface area contributed by atoms with Crippen LogP contribution in [0, 0.1) is 46.8 Å². The molecule has 0 bridgehead atoms. The van der Waals surface area contributed by atoms with Gasteiger partial charge in [0.1, 0.15) is 0 Å². The fraction of sp³-hybridized carbons (Fsp3) is 0.885. The Labute approximate surface area is 173 Å². The quantitative estimate of drug-likeness (QED) is 0.305. The minimum atomic E-state index is -0.155. The highest BCUT2D eigenvalue weighted by molar-refractivity contribution is 4.93. The molecular weight excluding hydrogens is 345 g/mol. The molecule has 0 N–H and O–H groups in total. The SMILES string of the molecule is N#C[C@H]1CC[C@H](C2CCC([C@H]3CC[C@H](/C=C/CCCCCF)CC3)CC2)CC1. The van der Waals surface area contributed by atoms with Gasteiger partial charge in [0.25, 0.3) is 0 Å². The van der Waals surface area contributed by atoms with E-state index in [9.17, 15) is 4.39 Å². The van der Waals surface area contributed by atoms with Gasteiger partial charge < -0.3 is 0 Å². The summed E-state index contributed by atoms with van der Waals surface area (Å²) in [5.74, 6) is 5.04. The third kappa shape index (κ3) is 6.60. The highest BCUT2D eigenvalue weighted by atomic mass is 19.1. The van der Waals surface area contributed by atoms with Crippen molar-refractivity contribution in [2.45, 2.75) is 103 Å². The third-order valence-electron chi connectivity index (χ3n) is 8.33. The monoisotopic (exact) mass is 387 g/mol. The number of alkyl halides is 1. The molecule has 3 rings (SSSR count). The summed E-state index contributed by atoms with van der Waals surface area (Å²) in [6.45, 7) is -0.155. The van der Waals surface area contributed by atoms with Crippen molar-refractivity contribution in [3.05, 3.63) is 12.2 Å². The molecule has 2 heteroatoms. The fourth-order valence-corrected chi connectivity index (χ4v) is 6.44. The fourth-order valence-electron chi connectivity index (χ4n) is 6.44. The minimum Gasteiger partial charge on any atom is -0.251 e. The molecule has 3 saturated carbocycles. The summed E-state index contributed by atoms with van der Waals surface area (Å²) < 4.78 is 12.1. The molecule has 0 heterocycles. The van der Waals surface area contributed by atoms with Gasteiger partial charge in [-0.05, 0) is 126 Å². The van der Waals surface area contributed by atoms with Crippen LogP contribution in [0.5, 0.6) is 0 Å². The van der Waals surface area contributed by atoms with Gasteiger partial charge in [0, 0.05) is 5.92 Å². The topological polar surface area (TPSA) is 23.8 Å². The average molecular weight is 388 g/mol. The second-order valence-electron chi connectivity index (χ2n) is 10.1. The summed E-state index contributed by atoms with van der Waals surface area (Å²) in [7, 11) is 0. The summed E-state index contributed by atoms with van der Waals surface area (Å²) in [5.41, 5.74) is 0. The Morgan fingerprint density at radius 2 is 1.18 bits per heavy atom. The van der Waals surface area contributed by atoms with Crippen LogP contribution in [0.3, 0.4) is 0 Å². The summed E-state index contributed by atoms with van der Waals surface area (Å²) in [6, 6.07) is 2.49. The van der Waals surface area contributed by atoms with Gasteiger partial charge in [-0.15, -0.1) is 0 Å². The zero-order chi connectivity index (χ0) is 19.6. The summed E-state index contributed by atoms with van der Waals surface area (Å²) in [4.78, 5) is 0. The first kappa shape index (κ1) is 21.9. The van der Waals surface area contributed by atoms with Crippen LogP contribution in [-0.4, -0.2) is 6.67 Å². The maximum atomic E-state index is 12.1. The highest BCUT2D eigenvalue weighted by Crippen LogP contribution is 2.45. The van der Waals surface area contributed by atoms with Gasteiger partial charge in [-0.1, -0.05) is 18.6 Å². The van der Waals surface area contributed by atoms with Crippen LogP contribution in [0.1, 0.15) is 103 Å². The van der Waals surface area contributed by atoms with E-state index in [1.165, 1.54) is 64.2 Å². The summed E-state index contributed by atoms with van der Waals surface area (Å²) >= 11 is 0. The Balaban J connectivity index is 1.30. The first-order valence-electron chi connectivity index (χ1n) is 12.4. The summed E-state index contributed by atoms with van der Waals surface area (Å²) in [5, 5.41) is 9.11. The number of nitriles is 1. The van der Waals surface area contributed by atoms with E-state index in [2.05, 4.69) is 18.2 Å². The number of nitrogens with zero attached hydrogens (tertiary/aromatic N) is 1. The zero-order valence-corrected chi connectivity index (χ0v) is 18.0. The Bertz CT molecular complexity index is 483. The van der Waals surface area contributed by atoms with Gasteiger partial charge in [-0.25, -0.2) is 0 Å². The average Bonchev–Trinajstić information content (AvgIpc) is 2.77. The second-order valence-corrected chi connectivity index (χ2v) is 10.1. The van der Waals surface area contributed by atoms with Crippen LogP contribution < -0.4 is 0 Å². The van der Waals surface area contributed by atoms with Crippen molar-refractivity contribution in [1.82, 2.24) is 0 Å². The van der Waals surface area contributed by atoms with E-state index in [0.717, 1.165) is 68.1 Å². The van der Waals surface area contributed by atoms with Crippen LogP contribution in [0.25, 0.3) is 0 Å². The molecule has 0 aliphatic heterocycles. The Kier molecular flexibility index (Phi) is 9.36. The number of hydrogen-bond acceptors (Lipinski definition) is 1. The van der Waals surface area contributed by atoms with Crippen molar-refractivity contribution in [2.75, 3.05) is 6.67 Å². The first-order chi connectivity index (χ1) is 13.8. The van der Waals surface area contributed by atoms with E-state index in [1.807, 2.05) is 0 Å². The molecule has 0 atom stereocenters. The standard InChI is InChI=1S/C26H42FN/c27-19-5-3-1-2-4-6-21-7-11-23(12-8-21)25-15-17-26(18-16-25)24-13-9-22(20-28)10-14-24/h4,6,21-26H,1-3,5,7-19H2/b6-4+/t21-,22-,23-,24-,25?,26?. The largest absolute Gasteiger partial charge is 0.251 e. The lowest BCUT2D eigenvalue weighted by Gasteiger charge is -2.40. The molecule has 0 aromatic heterocycles. The Morgan fingerprint density at radius 1 is 0.679 bits per heavy atom. The minimum absolute atomic E-state index is 0.155. The van der Waals surface area contributed by atoms with E-state index in [4.69, 9.17) is 5.26 Å². The molecule has 0 aromatic rings. The van der Waals surface area contributed by atoms with Crippen LogP contribution in [0.15, 0.2) is 12.2 Å². The molecular formula is C26H42FN. The van der Waals surface area contributed by atoms with Crippen molar-refractivity contribution in [2.24, 2.45) is 35.5 Å². The number of rotatable bonds is 8. The maximum absolute atomic E-state index is 12.1. The molecule has 0 unspecified atom stereocenters. The number of hydrogen-bond donors (Lipinski definition) is 0. The molecule has 3 fully saturated rings. The molecule has 0 saturated heterocycles. The van der Waals surface area contributed by atoms with Crippen LogP contribution in [0.2, 0.25) is 0 Å². The molecule has 0 amide bonds. The molecule has 0 radical (unpaired) electrons. The number of halogens is 1. The lowest BCUT2D eigenvalue weighted by Crippen LogP contribution is -2.29. The van der Waals surface area contributed by atoms with E-state index in [0.29, 0.717) is 5.92 Å². The Hall–Kier alpha value is -0.840. The molecule has 158 valence electrons. The van der Waals surface area contributed by atoms with Crippen molar-refractivity contribution >= 4 is 0 Å². The van der Waals surface area contributed by atoms with Crippen LogP contribution in [0.4, 0.5) is 4.39 Å². The lowest BCUT2D eigenvalue weighted by atomic mass is 9.65. The highest BCUT2D eigenvalue weighted by Gasteiger charge is 2.34. The van der Waals surface area contributed by atoms with Gasteiger partial charge in [0.05, 0.1) is 12.7 Å². The number of allylic oxidation sites excluding steroid dienone is 2. The third-order valence-corrected chi connectivity index (χ3v) is 8.33. The van der Waals surface area contributed by atoms with Crippen molar-refractivity contribution < 1.29 is 4.39 Å². The van der Waals surface area contributed by atoms with E-state index in [-0.39, 0.29) is 6.67 Å². The number of unbranched alkanes of at least 4 members (excludes halogenated alkanes) is 3. The molecule has 28 heavy (non-hydrogen) atoms. The Morgan fingerprint density at radius 3 is 1.68 bits per heavy atom. The van der Waals surface area contributed by atoms with Crippen LogP contribution in [-0.2, 0) is 0 Å². The van der Waals surface area contributed by atoms with E-state index in [1.54, 1.807) is 0 Å². The normalized spacial score (nSPS) is 37.0.